The molecule has 0 unspecified atom stereocenters. The van der Waals surface area contributed by atoms with Crippen molar-refractivity contribution in [2.75, 3.05) is 12.9 Å². The van der Waals surface area contributed by atoms with Gasteiger partial charge in [-0.15, -0.1) is 0 Å². The number of rotatable bonds is 8. The quantitative estimate of drug-likeness (QED) is 0.498. The summed E-state index contributed by atoms with van der Waals surface area (Å²) in [4.78, 5) is 0. The van der Waals surface area contributed by atoms with E-state index in [1.54, 1.807) is 6.92 Å². The van der Waals surface area contributed by atoms with Gasteiger partial charge in [0.1, 0.15) is 0 Å². The molecule has 0 saturated heterocycles. The van der Waals surface area contributed by atoms with Crippen molar-refractivity contribution >= 4 is 28.8 Å². The van der Waals surface area contributed by atoms with Gasteiger partial charge in [0.15, 0.2) is 0 Å². The first-order valence-electron chi connectivity index (χ1n) is 9.19. The summed E-state index contributed by atoms with van der Waals surface area (Å²) in [5.41, 5.74) is 0. The van der Waals surface area contributed by atoms with E-state index in [9.17, 15) is 8.42 Å². The van der Waals surface area contributed by atoms with Crippen molar-refractivity contribution in [2.45, 2.75) is 45.3 Å². The van der Waals surface area contributed by atoms with E-state index in [4.69, 9.17) is 8.61 Å². The van der Waals surface area contributed by atoms with Crippen LogP contribution < -0.4 is 10.4 Å². The summed E-state index contributed by atoms with van der Waals surface area (Å²) in [6.07, 6.45) is 1.17. The highest BCUT2D eigenvalue weighted by molar-refractivity contribution is 7.86. The smallest absolute Gasteiger partial charge is 0.264 e. The van der Waals surface area contributed by atoms with Crippen LogP contribution in [-0.4, -0.2) is 35.7 Å². The molecule has 6 heteroatoms. The summed E-state index contributed by atoms with van der Waals surface area (Å²) in [7, 11) is -6.05. The molecule has 0 bridgehead atoms. The maximum atomic E-state index is 11.3. The fourth-order valence-corrected chi connectivity index (χ4v) is 8.76. The Hall–Kier alpha value is -1.47. The number of benzene rings is 2. The fraction of sp³-hybridized carbons (Fsp3) is 0.429. The van der Waals surface area contributed by atoms with E-state index in [2.05, 4.69) is 45.0 Å². The van der Waals surface area contributed by atoms with E-state index >= 15 is 0 Å². The summed E-state index contributed by atoms with van der Waals surface area (Å²) in [5, 5.41) is 2.32. The van der Waals surface area contributed by atoms with Gasteiger partial charge in [0.05, 0.1) is 12.4 Å². The van der Waals surface area contributed by atoms with Crippen LogP contribution in [-0.2, 0) is 18.7 Å². The molecule has 2 aromatic carbocycles. The lowest BCUT2D eigenvalue weighted by atomic mass is 10.2. The summed E-state index contributed by atoms with van der Waals surface area (Å²) >= 11 is 0. The largest absolute Gasteiger partial charge is 0.407 e. The third-order valence-corrected chi connectivity index (χ3v) is 10.3. The lowest BCUT2D eigenvalue weighted by molar-refractivity contribution is 0.180. The zero-order chi connectivity index (χ0) is 20.1. The molecule has 1 atom stereocenters. The molecule has 2 aromatic rings. The van der Waals surface area contributed by atoms with Crippen molar-refractivity contribution < 1.29 is 17.0 Å². The molecule has 0 aliphatic heterocycles. The second-order valence-corrected chi connectivity index (χ2v) is 13.8. The Labute approximate surface area is 164 Å². The normalized spacial score (nSPS) is 14.1. The van der Waals surface area contributed by atoms with Gasteiger partial charge in [0, 0.05) is 6.61 Å². The minimum absolute atomic E-state index is 0.101. The van der Waals surface area contributed by atoms with Crippen molar-refractivity contribution in [1.82, 2.24) is 0 Å². The lowest BCUT2D eigenvalue weighted by Gasteiger charge is -2.43. The van der Waals surface area contributed by atoms with E-state index < -0.39 is 24.5 Å². The molecule has 0 heterocycles. The van der Waals surface area contributed by atoms with Gasteiger partial charge in [0.25, 0.3) is 18.4 Å². The molecule has 2 rings (SSSR count). The Balaban J connectivity index is 2.38. The first kappa shape index (κ1) is 21.8. The predicted molar refractivity (Wildman–Crippen MR) is 114 cm³/mol. The fourth-order valence-electron chi connectivity index (χ4n) is 3.49. The van der Waals surface area contributed by atoms with Gasteiger partial charge < -0.3 is 4.43 Å². The first-order chi connectivity index (χ1) is 12.6. The second kappa shape index (κ2) is 8.69. The third kappa shape index (κ3) is 5.51. The molecule has 0 spiro atoms. The number of hydrogen-bond acceptors (Lipinski definition) is 4. The molecule has 0 aliphatic carbocycles. The average Bonchev–Trinajstić information content (AvgIpc) is 2.57. The van der Waals surface area contributed by atoms with Gasteiger partial charge in [-0.05, 0) is 28.8 Å². The molecule has 0 fully saturated rings. The molecule has 4 nitrogen and oxygen atoms in total. The zero-order valence-corrected chi connectivity index (χ0v) is 18.6. The van der Waals surface area contributed by atoms with Gasteiger partial charge in [-0.25, -0.2) is 0 Å². The molecule has 0 aliphatic rings. The molecule has 148 valence electrons. The van der Waals surface area contributed by atoms with Gasteiger partial charge >= 0.3 is 0 Å². The Morgan fingerprint density at radius 1 is 0.926 bits per heavy atom. The SMILES string of the molecule is C[C@@H](CCO[Si](c1ccccc1)(c1ccccc1)C(C)(C)C)OS(C)(=O)=O. The van der Waals surface area contributed by atoms with E-state index in [1.165, 1.54) is 10.4 Å². The van der Waals surface area contributed by atoms with Crippen LogP contribution in [0.25, 0.3) is 0 Å². The van der Waals surface area contributed by atoms with Crippen LogP contribution in [0.3, 0.4) is 0 Å². The molecular formula is C21H30O4SSi. The highest BCUT2D eigenvalue weighted by atomic mass is 32.2. The molecular weight excluding hydrogens is 376 g/mol. The molecule has 27 heavy (non-hydrogen) atoms. The van der Waals surface area contributed by atoms with Gasteiger partial charge in [-0.3, -0.25) is 4.18 Å². The Morgan fingerprint density at radius 2 is 1.37 bits per heavy atom. The highest BCUT2D eigenvalue weighted by Gasteiger charge is 2.50. The lowest BCUT2D eigenvalue weighted by Crippen LogP contribution is -2.66. The first-order valence-corrected chi connectivity index (χ1v) is 12.9. The summed E-state index contributed by atoms with van der Waals surface area (Å²) in [6.45, 7) is 8.85. The third-order valence-electron chi connectivity index (χ3n) is 4.60. The van der Waals surface area contributed by atoms with Crippen molar-refractivity contribution in [3.63, 3.8) is 0 Å². The van der Waals surface area contributed by atoms with E-state index in [1.807, 2.05) is 36.4 Å². The van der Waals surface area contributed by atoms with E-state index in [-0.39, 0.29) is 5.04 Å². The van der Waals surface area contributed by atoms with Crippen LogP contribution in [0.1, 0.15) is 34.1 Å². The monoisotopic (exact) mass is 406 g/mol. The van der Waals surface area contributed by atoms with Crippen LogP contribution >= 0.6 is 0 Å². The Kier molecular flexibility index (Phi) is 7.02. The van der Waals surface area contributed by atoms with Crippen molar-refractivity contribution in [3.8, 4) is 0 Å². The Morgan fingerprint density at radius 3 is 1.74 bits per heavy atom. The molecule has 0 radical (unpaired) electrons. The summed E-state index contributed by atoms with van der Waals surface area (Å²) in [6, 6.07) is 20.8. The van der Waals surface area contributed by atoms with E-state index in [0.717, 1.165) is 6.26 Å². The Bertz CT molecular complexity index is 775. The standard InChI is InChI=1S/C21H30O4SSi/c1-18(25-26(5,22)23)16-17-24-27(21(2,3)4,19-12-8-6-9-13-19)20-14-10-7-11-15-20/h6-15,18H,16-17H2,1-5H3/t18-/m0/s1. The van der Waals surface area contributed by atoms with Crippen molar-refractivity contribution in [3.05, 3.63) is 60.7 Å². The predicted octanol–water partition coefficient (Wildman–Crippen LogP) is 3.32. The van der Waals surface area contributed by atoms with Crippen LogP contribution in [0.5, 0.6) is 0 Å². The van der Waals surface area contributed by atoms with Gasteiger partial charge in [0.2, 0.25) is 0 Å². The summed E-state index contributed by atoms with van der Waals surface area (Å²) in [5.74, 6) is 0. The number of hydrogen-bond donors (Lipinski definition) is 0. The maximum Gasteiger partial charge on any atom is 0.264 e. The minimum atomic E-state index is -3.47. The van der Waals surface area contributed by atoms with Crippen LogP contribution in [0.4, 0.5) is 0 Å². The maximum absolute atomic E-state index is 11.3. The summed E-state index contributed by atoms with van der Waals surface area (Å²) < 4.78 is 34.5. The van der Waals surface area contributed by atoms with Gasteiger partial charge in [-0.2, -0.15) is 8.42 Å². The molecule has 0 aromatic heterocycles. The van der Waals surface area contributed by atoms with Crippen LogP contribution in [0, 0.1) is 0 Å². The van der Waals surface area contributed by atoms with Crippen LogP contribution in [0.15, 0.2) is 60.7 Å². The molecule has 0 saturated carbocycles. The topological polar surface area (TPSA) is 52.6 Å². The second-order valence-electron chi connectivity index (χ2n) is 7.91. The molecule has 0 amide bonds. The zero-order valence-electron chi connectivity index (χ0n) is 16.8. The molecule has 0 N–H and O–H groups in total. The van der Waals surface area contributed by atoms with Gasteiger partial charge in [-0.1, -0.05) is 81.4 Å². The van der Waals surface area contributed by atoms with E-state index in [0.29, 0.717) is 13.0 Å². The van der Waals surface area contributed by atoms with Crippen molar-refractivity contribution in [2.24, 2.45) is 0 Å². The highest BCUT2D eigenvalue weighted by Crippen LogP contribution is 2.36. The van der Waals surface area contributed by atoms with Crippen LogP contribution in [0.2, 0.25) is 5.04 Å². The minimum Gasteiger partial charge on any atom is -0.407 e. The van der Waals surface area contributed by atoms with Crippen molar-refractivity contribution in [1.29, 1.82) is 0 Å². The average molecular weight is 407 g/mol.